The number of carbonyl (C=O) groups excluding carboxylic acids is 1. The first-order valence-corrected chi connectivity index (χ1v) is 8.66. The molecular formula is C16H21BrF2N2O3. The summed E-state index contributed by atoms with van der Waals surface area (Å²) >= 11 is 3.35. The topological polar surface area (TPSA) is 50.8 Å². The highest BCUT2D eigenvalue weighted by molar-refractivity contribution is 9.10. The van der Waals surface area contributed by atoms with E-state index < -0.39 is 12.7 Å². The Morgan fingerprint density at radius 1 is 1.50 bits per heavy atom. The first kappa shape index (κ1) is 18.9. The van der Waals surface area contributed by atoms with Crippen molar-refractivity contribution < 1.29 is 23.0 Å². The monoisotopic (exact) mass is 406 g/mol. The van der Waals surface area contributed by atoms with Gasteiger partial charge < -0.3 is 14.8 Å². The van der Waals surface area contributed by atoms with Crippen molar-refractivity contribution in [1.29, 1.82) is 0 Å². The second-order valence-electron chi connectivity index (χ2n) is 5.57. The largest absolute Gasteiger partial charge is 0.450 e. The number of likely N-dealkylation sites (tertiary alicyclic amines) is 1. The summed E-state index contributed by atoms with van der Waals surface area (Å²) in [7, 11) is 0. The van der Waals surface area contributed by atoms with Gasteiger partial charge in [-0.25, -0.2) is 4.79 Å². The maximum atomic E-state index is 12.5. The van der Waals surface area contributed by atoms with Gasteiger partial charge in [-0.15, -0.1) is 0 Å². The zero-order valence-electron chi connectivity index (χ0n) is 13.4. The lowest BCUT2D eigenvalue weighted by molar-refractivity contribution is -0.0508. The van der Waals surface area contributed by atoms with Crippen LogP contribution in [-0.2, 0) is 11.3 Å². The van der Waals surface area contributed by atoms with E-state index in [2.05, 4.69) is 30.9 Å². The van der Waals surface area contributed by atoms with Crippen LogP contribution in [0.25, 0.3) is 0 Å². The summed E-state index contributed by atoms with van der Waals surface area (Å²) in [6.07, 6.45) is 1.36. The average Bonchev–Trinajstić information content (AvgIpc) is 2.50. The van der Waals surface area contributed by atoms with Crippen LogP contribution in [0.4, 0.5) is 13.6 Å². The van der Waals surface area contributed by atoms with Gasteiger partial charge >= 0.3 is 12.7 Å². The van der Waals surface area contributed by atoms with E-state index in [0.29, 0.717) is 25.3 Å². The third-order valence-corrected chi connectivity index (χ3v) is 4.23. The number of rotatable bonds is 6. The molecule has 1 fully saturated rings. The number of nitrogens with one attached hydrogen (secondary N) is 1. The summed E-state index contributed by atoms with van der Waals surface area (Å²) in [5, 5.41) is 2.83. The predicted octanol–water partition coefficient (Wildman–Crippen LogP) is 3.76. The Bertz CT molecular complexity index is 560. The third-order valence-electron chi connectivity index (χ3n) is 3.74. The molecule has 8 heteroatoms. The Hall–Kier alpha value is -1.41. The summed E-state index contributed by atoms with van der Waals surface area (Å²) < 4.78 is 35.4. The number of hydrogen-bond acceptors (Lipinski definition) is 4. The van der Waals surface area contributed by atoms with Gasteiger partial charge in [0.25, 0.3) is 0 Å². The van der Waals surface area contributed by atoms with E-state index in [9.17, 15) is 13.6 Å². The van der Waals surface area contributed by atoms with Crippen molar-refractivity contribution in [2.75, 3.05) is 19.7 Å². The second-order valence-corrected chi connectivity index (χ2v) is 6.49. The number of piperidine rings is 1. The van der Waals surface area contributed by atoms with E-state index in [1.807, 2.05) is 0 Å². The lowest BCUT2D eigenvalue weighted by atomic mass is 10.0. The van der Waals surface area contributed by atoms with E-state index in [-0.39, 0.29) is 11.8 Å². The summed E-state index contributed by atoms with van der Waals surface area (Å²) in [6.45, 7) is 1.17. The number of carbonyl (C=O) groups is 1. The Morgan fingerprint density at radius 3 is 3.00 bits per heavy atom. The molecule has 0 saturated carbocycles. The Kier molecular flexibility index (Phi) is 7.23. The number of hydrogen-bond donors (Lipinski definition) is 1. The highest BCUT2D eigenvalue weighted by Crippen LogP contribution is 2.27. The minimum atomic E-state index is -2.86. The van der Waals surface area contributed by atoms with Crippen molar-refractivity contribution in [3.8, 4) is 5.75 Å². The molecule has 0 radical (unpaired) electrons. The van der Waals surface area contributed by atoms with Gasteiger partial charge in [-0.1, -0.05) is 15.9 Å². The molecule has 134 valence electrons. The van der Waals surface area contributed by atoms with E-state index >= 15 is 0 Å². The molecule has 1 amide bonds. The molecule has 0 spiro atoms. The van der Waals surface area contributed by atoms with Crippen LogP contribution in [-0.4, -0.2) is 43.3 Å². The van der Waals surface area contributed by atoms with Gasteiger partial charge in [-0.2, -0.15) is 8.78 Å². The van der Waals surface area contributed by atoms with Crippen LogP contribution in [0.1, 0.15) is 25.3 Å². The van der Waals surface area contributed by atoms with Crippen LogP contribution in [0, 0.1) is 0 Å². The van der Waals surface area contributed by atoms with E-state index in [1.54, 1.807) is 19.1 Å². The first-order chi connectivity index (χ1) is 11.5. The molecule has 1 aromatic rings. The van der Waals surface area contributed by atoms with Crippen molar-refractivity contribution >= 4 is 22.0 Å². The number of ether oxygens (including phenoxy) is 2. The fraction of sp³-hybridized carbons (Fsp3) is 0.562. The summed E-state index contributed by atoms with van der Waals surface area (Å²) in [4.78, 5) is 13.6. The SMILES string of the molecule is CCOC(=O)NC1CCCN(Cc2cc(Br)ccc2OC(F)F)C1. The molecule has 1 unspecified atom stereocenters. The molecule has 0 bridgehead atoms. The molecule has 1 saturated heterocycles. The van der Waals surface area contributed by atoms with Crippen LogP contribution in [0.15, 0.2) is 22.7 Å². The van der Waals surface area contributed by atoms with Crippen molar-refractivity contribution in [3.63, 3.8) is 0 Å². The summed E-state index contributed by atoms with van der Waals surface area (Å²) in [6, 6.07) is 4.97. The third kappa shape index (κ3) is 5.90. The van der Waals surface area contributed by atoms with Gasteiger partial charge in [-0.05, 0) is 44.5 Å². The van der Waals surface area contributed by atoms with Gasteiger partial charge in [0.1, 0.15) is 5.75 Å². The van der Waals surface area contributed by atoms with Crippen molar-refractivity contribution in [1.82, 2.24) is 10.2 Å². The van der Waals surface area contributed by atoms with Crippen LogP contribution in [0.2, 0.25) is 0 Å². The van der Waals surface area contributed by atoms with Crippen molar-refractivity contribution in [2.45, 2.75) is 39.0 Å². The Balaban J connectivity index is 1.99. The minimum Gasteiger partial charge on any atom is -0.450 e. The maximum Gasteiger partial charge on any atom is 0.407 e. The molecule has 1 heterocycles. The maximum absolute atomic E-state index is 12.5. The molecule has 1 N–H and O–H groups in total. The van der Waals surface area contributed by atoms with E-state index in [0.717, 1.165) is 23.9 Å². The van der Waals surface area contributed by atoms with Crippen molar-refractivity contribution in [3.05, 3.63) is 28.2 Å². The normalized spacial score (nSPS) is 18.5. The van der Waals surface area contributed by atoms with E-state index in [1.165, 1.54) is 6.07 Å². The lowest BCUT2D eigenvalue weighted by Gasteiger charge is -2.33. The number of halogens is 3. The van der Waals surface area contributed by atoms with Gasteiger partial charge in [-0.3, -0.25) is 4.90 Å². The standard InChI is InChI=1S/C16H21BrF2N2O3/c1-2-23-16(22)20-13-4-3-7-21(10-13)9-11-8-12(17)5-6-14(11)24-15(18)19/h5-6,8,13,15H,2-4,7,9-10H2,1H3,(H,20,22). The van der Waals surface area contributed by atoms with Crippen LogP contribution in [0.5, 0.6) is 5.75 Å². The van der Waals surface area contributed by atoms with Gasteiger partial charge in [0, 0.05) is 29.2 Å². The number of amides is 1. The highest BCUT2D eigenvalue weighted by atomic mass is 79.9. The lowest BCUT2D eigenvalue weighted by Crippen LogP contribution is -2.47. The zero-order chi connectivity index (χ0) is 17.5. The predicted molar refractivity (Wildman–Crippen MR) is 89.2 cm³/mol. The smallest absolute Gasteiger partial charge is 0.407 e. The van der Waals surface area contributed by atoms with Gasteiger partial charge in [0.2, 0.25) is 0 Å². The molecule has 0 aliphatic carbocycles. The molecule has 24 heavy (non-hydrogen) atoms. The summed E-state index contributed by atoms with van der Waals surface area (Å²) in [5.74, 6) is 0.175. The Labute approximate surface area is 148 Å². The molecule has 1 aliphatic rings. The zero-order valence-corrected chi connectivity index (χ0v) is 15.0. The van der Waals surface area contributed by atoms with Gasteiger partial charge in [0.05, 0.1) is 6.61 Å². The minimum absolute atomic E-state index is 0.00980. The number of nitrogens with zero attached hydrogens (tertiary/aromatic N) is 1. The highest BCUT2D eigenvalue weighted by Gasteiger charge is 2.23. The number of alkyl carbamates (subject to hydrolysis) is 1. The molecular weight excluding hydrogens is 386 g/mol. The van der Waals surface area contributed by atoms with Crippen LogP contribution < -0.4 is 10.1 Å². The van der Waals surface area contributed by atoms with Crippen molar-refractivity contribution in [2.24, 2.45) is 0 Å². The van der Waals surface area contributed by atoms with Gasteiger partial charge in [0.15, 0.2) is 0 Å². The average molecular weight is 407 g/mol. The molecule has 1 atom stereocenters. The molecule has 1 aromatic carbocycles. The molecule has 1 aliphatic heterocycles. The molecule has 0 aromatic heterocycles. The fourth-order valence-corrected chi connectivity index (χ4v) is 3.19. The number of benzene rings is 1. The second kappa shape index (κ2) is 9.17. The fourth-order valence-electron chi connectivity index (χ4n) is 2.78. The molecule has 2 rings (SSSR count). The van der Waals surface area contributed by atoms with E-state index in [4.69, 9.17) is 4.74 Å². The van der Waals surface area contributed by atoms with Crippen LogP contribution >= 0.6 is 15.9 Å². The van der Waals surface area contributed by atoms with Crippen LogP contribution in [0.3, 0.4) is 0 Å². The first-order valence-electron chi connectivity index (χ1n) is 7.86. The molecule has 5 nitrogen and oxygen atoms in total. The number of alkyl halides is 2. The Morgan fingerprint density at radius 2 is 2.29 bits per heavy atom. The quantitative estimate of drug-likeness (QED) is 0.781. The summed E-state index contributed by atoms with van der Waals surface area (Å²) in [5.41, 5.74) is 0.682.